The maximum atomic E-state index is 3.57. The number of fused-ring (bicyclic) bond motifs is 1. The maximum absolute atomic E-state index is 3.57. The zero-order valence-electron chi connectivity index (χ0n) is 14.0. The fraction of sp³-hybridized carbons (Fsp3) is 0.273. The van der Waals surface area contributed by atoms with Crippen LogP contribution in [0.3, 0.4) is 0 Å². The molecule has 0 saturated carbocycles. The van der Waals surface area contributed by atoms with Crippen LogP contribution in [0.15, 0.2) is 72.8 Å². The number of nitrogens with one attached hydrogen (secondary N) is 1. The molecule has 1 aliphatic heterocycles. The van der Waals surface area contributed by atoms with Crippen molar-refractivity contribution in [2.45, 2.75) is 19.0 Å². The second-order valence-corrected chi connectivity index (χ2v) is 6.70. The molecular formula is C22H24N2. The Morgan fingerprint density at radius 1 is 0.833 bits per heavy atom. The molecule has 2 heteroatoms. The largest absolute Gasteiger partial charge is 0.314 e. The molecule has 0 aromatic heterocycles. The van der Waals surface area contributed by atoms with Gasteiger partial charge in [0.2, 0.25) is 0 Å². The molecule has 0 spiro atoms. The van der Waals surface area contributed by atoms with Gasteiger partial charge in [-0.15, -0.1) is 0 Å². The Labute approximate surface area is 144 Å². The third kappa shape index (κ3) is 3.50. The van der Waals surface area contributed by atoms with Gasteiger partial charge in [0, 0.05) is 32.2 Å². The lowest BCUT2D eigenvalue weighted by atomic mass is 9.99. The van der Waals surface area contributed by atoms with E-state index in [1.165, 1.54) is 21.9 Å². The quantitative estimate of drug-likeness (QED) is 0.786. The van der Waals surface area contributed by atoms with Crippen molar-refractivity contribution >= 4 is 10.8 Å². The Kier molecular flexibility index (Phi) is 4.59. The van der Waals surface area contributed by atoms with E-state index in [2.05, 4.69) is 83.0 Å². The molecule has 1 aliphatic rings. The minimum absolute atomic E-state index is 0.556. The normalized spacial score (nSPS) is 18.8. The first-order valence-corrected chi connectivity index (χ1v) is 8.85. The third-order valence-corrected chi connectivity index (χ3v) is 4.99. The zero-order valence-corrected chi connectivity index (χ0v) is 14.0. The molecule has 0 unspecified atom stereocenters. The van der Waals surface area contributed by atoms with Crippen LogP contribution >= 0.6 is 0 Å². The fourth-order valence-electron chi connectivity index (χ4n) is 3.67. The zero-order chi connectivity index (χ0) is 16.2. The Morgan fingerprint density at radius 2 is 1.62 bits per heavy atom. The number of hydrogen-bond donors (Lipinski definition) is 1. The second kappa shape index (κ2) is 7.16. The number of benzene rings is 3. The Balaban J connectivity index is 1.51. The highest BCUT2D eigenvalue weighted by molar-refractivity contribution is 5.83. The van der Waals surface area contributed by atoms with Gasteiger partial charge >= 0.3 is 0 Å². The number of piperazine rings is 1. The molecule has 1 N–H and O–H groups in total. The summed E-state index contributed by atoms with van der Waals surface area (Å²) in [7, 11) is 0. The molecular weight excluding hydrogens is 292 g/mol. The molecule has 1 fully saturated rings. The molecule has 1 atom stereocenters. The Hall–Kier alpha value is -2.16. The van der Waals surface area contributed by atoms with Crippen molar-refractivity contribution < 1.29 is 0 Å². The van der Waals surface area contributed by atoms with Crippen molar-refractivity contribution in [3.05, 3.63) is 83.9 Å². The van der Waals surface area contributed by atoms with Crippen LogP contribution in [0.4, 0.5) is 0 Å². The summed E-state index contributed by atoms with van der Waals surface area (Å²) in [4.78, 5) is 2.63. The van der Waals surface area contributed by atoms with E-state index in [0.29, 0.717) is 6.04 Å². The molecule has 122 valence electrons. The minimum atomic E-state index is 0.556. The van der Waals surface area contributed by atoms with Crippen LogP contribution < -0.4 is 5.32 Å². The summed E-state index contributed by atoms with van der Waals surface area (Å²) in [5.41, 5.74) is 2.84. The van der Waals surface area contributed by atoms with E-state index in [-0.39, 0.29) is 0 Å². The fourth-order valence-corrected chi connectivity index (χ4v) is 3.67. The van der Waals surface area contributed by atoms with Gasteiger partial charge in [0.1, 0.15) is 0 Å². The van der Waals surface area contributed by atoms with E-state index in [4.69, 9.17) is 0 Å². The number of nitrogens with zero attached hydrogens (tertiary/aromatic N) is 1. The van der Waals surface area contributed by atoms with Crippen molar-refractivity contribution in [1.82, 2.24) is 10.2 Å². The number of hydrogen-bond acceptors (Lipinski definition) is 2. The number of rotatable bonds is 4. The standard InChI is InChI=1S/C22H24N2/c1-2-6-18(7-3-1)17-24-13-12-23-16-22(24)15-19-10-11-20-8-4-5-9-21(20)14-19/h1-11,14,22-23H,12-13,15-17H2/t22-/m0/s1. The van der Waals surface area contributed by atoms with Gasteiger partial charge in [-0.25, -0.2) is 0 Å². The summed E-state index contributed by atoms with van der Waals surface area (Å²) in [6.45, 7) is 4.31. The summed E-state index contributed by atoms with van der Waals surface area (Å²) in [5, 5.41) is 6.23. The van der Waals surface area contributed by atoms with Crippen LogP contribution in [0.1, 0.15) is 11.1 Å². The van der Waals surface area contributed by atoms with Gasteiger partial charge in [-0.05, 0) is 28.3 Å². The highest BCUT2D eigenvalue weighted by atomic mass is 15.2. The predicted octanol–water partition coefficient (Wildman–Crippen LogP) is 3.86. The lowest BCUT2D eigenvalue weighted by Crippen LogP contribution is -2.51. The van der Waals surface area contributed by atoms with E-state index in [1.807, 2.05) is 0 Å². The van der Waals surface area contributed by atoms with Crippen molar-refractivity contribution in [2.75, 3.05) is 19.6 Å². The molecule has 24 heavy (non-hydrogen) atoms. The van der Waals surface area contributed by atoms with E-state index in [1.54, 1.807) is 0 Å². The van der Waals surface area contributed by atoms with Crippen LogP contribution in [-0.4, -0.2) is 30.6 Å². The van der Waals surface area contributed by atoms with Gasteiger partial charge in [0.25, 0.3) is 0 Å². The van der Waals surface area contributed by atoms with Crippen LogP contribution in [0.5, 0.6) is 0 Å². The average Bonchev–Trinajstić information content (AvgIpc) is 2.64. The van der Waals surface area contributed by atoms with Gasteiger partial charge in [-0.3, -0.25) is 4.90 Å². The first-order chi connectivity index (χ1) is 11.9. The SMILES string of the molecule is c1ccc(CN2CCNC[C@@H]2Cc2ccc3ccccc3c2)cc1. The van der Waals surface area contributed by atoms with Gasteiger partial charge in [0.15, 0.2) is 0 Å². The highest BCUT2D eigenvalue weighted by Crippen LogP contribution is 2.19. The summed E-state index contributed by atoms with van der Waals surface area (Å²) in [6, 6.07) is 26.9. The smallest absolute Gasteiger partial charge is 0.0265 e. The molecule has 4 rings (SSSR count). The minimum Gasteiger partial charge on any atom is -0.314 e. The Morgan fingerprint density at radius 3 is 2.50 bits per heavy atom. The molecule has 1 saturated heterocycles. The van der Waals surface area contributed by atoms with Gasteiger partial charge in [0.05, 0.1) is 0 Å². The van der Waals surface area contributed by atoms with Crippen LogP contribution in [-0.2, 0) is 13.0 Å². The monoisotopic (exact) mass is 316 g/mol. The highest BCUT2D eigenvalue weighted by Gasteiger charge is 2.22. The lowest BCUT2D eigenvalue weighted by Gasteiger charge is -2.36. The lowest BCUT2D eigenvalue weighted by molar-refractivity contribution is 0.152. The van der Waals surface area contributed by atoms with E-state index in [9.17, 15) is 0 Å². The van der Waals surface area contributed by atoms with Gasteiger partial charge in [-0.1, -0.05) is 72.8 Å². The summed E-state index contributed by atoms with van der Waals surface area (Å²) in [5.74, 6) is 0. The first kappa shape index (κ1) is 15.4. The van der Waals surface area contributed by atoms with Gasteiger partial charge < -0.3 is 5.32 Å². The van der Waals surface area contributed by atoms with Crippen LogP contribution in [0.2, 0.25) is 0 Å². The van der Waals surface area contributed by atoms with Crippen molar-refractivity contribution in [3.8, 4) is 0 Å². The third-order valence-electron chi connectivity index (χ3n) is 4.99. The Bertz CT molecular complexity index is 797. The molecule has 0 bridgehead atoms. The molecule has 0 amide bonds. The average molecular weight is 316 g/mol. The second-order valence-electron chi connectivity index (χ2n) is 6.70. The molecule has 0 aliphatic carbocycles. The summed E-state index contributed by atoms with van der Waals surface area (Å²) in [6.07, 6.45) is 1.10. The van der Waals surface area contributed by atoms with Crippen LogP contribution in [0, 0.1) is 0 Å². The summed E-state index contributed by atoms with van der Waals surface area (Å²) >= 11 is 0. The maximum Gasteiger partial charge on any atom is 0.0265 e. The van der Waals surface area contributed by atoms with Gasteiger partial charge in [-0.2, -0.15) is 0 Å². The van der Waals surface area contributed by atoms with E-state index < -0.39 is 0 Å². The molecule has 0 radical (unpaired) electrons. The van der Waals surface area contributed by atoms with Crippen LogP contribution in [0.25, 0.3) is 10.8 Å². The topological polar surface area (TPSA) is 15.3 Å². The molecule has 3 aromatic rings. The predicted molar refractivity (Wildman–Crippen MR) is 101 cm³/mol. The van der Waals surface area contributed by atoms with E-state index >= 15 is 0 Å². The van der Waals surface area contributed by atoms with Crippen molar-refractivity contribution in [1.29, 1.82) is 0 Å². The van der Waals surface area contributed by atoms with Crippen molar-refractivity contribution in [2.24, 2.45) is 0 Å². The summed E-state index contributed by atoms with van der Waals surface area (Å²) < 4.78 is 0. The molecule has 3 aromatic carbocycles. The molecule has 2 nitrogen and oxygen atoms in total. The first-order valence-electron chi connectivity index (χ1n) is 8.85. The molecule has 1 heterocycles. The van der Waals surface area contributed by atoms with E-state index in [0.717, 1.165) is 32.6 Å². The van der Waals surface area contributed by atoms with Crippen molar-refractivity contribution in [3.63, 3.8) is 0 Å².